The molecular weight excluding hydrogens is 112 g/mol. The third-order valence-corrected chi connectivity index (χ3v) is 3.11. The molecule has 4 atom stereocenters. The molecule has 3 fully saturated rings. The van der Waals surface area contributed by atoms with E-state index >= 15 is 0 Å². The van der Waals surface area contributed by atoms with Gasteiger partial charge in [-0.15, -0.1) is 0 Å². The van der Waals surface area contributed by atoms with Crippen molar-refractivity contribution in [3.8, 4) is 0 Å². The van der Waals surface area contributed by atoms with Crippen molar-refractivity contribution in [3.63, 3.8) is 0 Å². The van der Waals surface area contributed by atoms with E-state index < -0.39 is 0 Å². The van der Waals surface area contributed by atoms with E-state index in [4.69, 9.17) is 0 Å². The molecule has 2 nitrogen and oxygen atoms in total. The van der Waals surface area contributed by atoms with Gasteiger partial charge in [0.05, 0.1) is 0 Å². The number of fused-ring (bicyclic) bond motifs is 4. The molecule has 3 aliphatic heterocycles. The van der Waals surface area contributed by atoms with Crippen molar-refractivity contribution >= 4 is 0 Å². The highest BCUT2D eigenvalue weighted by Crippen LogP contribution is 2.46. The normalized spacial score (nSPS) is 61.3. The Kier molecular flexibility index (Phi) is 0.691. The van der Waals surface area contributed by atoms with E-state index in [-0.39, 0.29) is 0 Å². The van der Waals surface area contributed by atoms with E-state index in [0.29, 0.717) is 0 Å². The molecule has 1 N–H and O–H groups in total. The number of hydrogen-bond donors (Lipinski definition) is 1. The molecule has 3 heterocycles. The standard InChI is InChI=1S/C7H12N2/c1-2-8-3-6-5(1)7-4-9(6)7/h5-8H,1-4H2. The van der Waals surface area contributed by atoms with Crippen LogP contribution in [0.25, 0.3) is 0 Å². The molecule has 0 aromatic heterocycles. The van der Waals surface area contributed by atoms with Crippen molar-refractivity contribution in [2.24, 2.45) is 5.92 Å². The summed E-state index contributed by atoms with van der Waals surface area (Å²) in [5.41, 5.74) is 0. The van der Waals surface area contributed by atoms with Crippen LogP contribution in [0.5, 0.6) is 0 Å². The predicted molar refractivity (Wildman–Crippen MR) is 35.3 cm³/mol. The molecule has 4 unspecified atom stereocenters. The second kappa shape index (κ2) is 1.32. The largest absolute Gasteiger partial charge is 0.315 e. The van der Waals surface area contributed by atoms with Gasteiger partial charge < -0.3 is 5.32 Å². The van der Waals surface area contributed by atoms with Gasteiger partial charge in [0.15, 0.2) is 0 Å². The number of nitrogens with one attached hydrogen (secondary N) is 1. The Morgan fingerprint density at radius 2 is 2.33 bits per heavy atom. The van der Waals surface area contributed by atoms with Crippen molar-refractivity contribution in [1.29, 1.82) is 0 Å². The van der Waals surface area contributed by atoms with Gasteiger partial charge in [0, 0.05) is 25.2 Å². The van der Waals surface area contributed by atoms with E-state index in [1.165, 1.54) is 26.1 Å². The van der Waals surface area contributed by atoms with Crippen LogP contribution in [0.1, 0.15) is 6.42 Å². The average Bonchev–Trinajstić information content (AvgIpc) is 2.58. The van der Waals surface area contributed by atoms with Gasteiger partial charge >= 0.3 is 0 Å². The lowest BCUT2D eigenvalue weighted by Crippen LogP contribution is -2.54. The predicted octanol–water partition coefficient (Wildman–Crippen LogP) is -0.338. The fourth-order valence-corrected chi connectivity index (χ4v) is 2.50. The highest BCUT2D eigenvalue weighted by molar-refractivity contribution is 5.15. The van der Waals surface area contributed by atoms with E-state index in [0.717, 1.165) is 18.0 Å². The zero-order valence-electron chi connectivity index (χ0n) is 5.51. The maximum atomic E-state index is 3.43. The van der Waals surface area contributed by atoms with E-state index in [9.17, 15) is 0 Å². The molecule has 0 aromatic rings. The molecule has 0 amide bonds. The van der Waals surface area contributed by atoms with Gasteiger partial charge in [-0.3, -0.25) is 4.90 Å². The van der Waals surface area contributed by atoms with Crippen molar-refractivity contribution in [2.75, 3.05) is 19.6 Å². The van der Waals surface area contributed by atoms with Crippen LogP contribution in [0.15, 0.2) is 0 Å². The lowest BCUT2D eigenvalue weighted by molar-refractivity contribution is 0.107. The van der Waals surface area contributed by atoms with E-state index in [2.05, 4.69) is 10.2 Å². The topological polar surface area (TPSA) is 15.0 Å². The molecule has 2 heteroatoms. The lowest BCUT2D eigenvalue weighted by Gasteiger charge is -2.41. The summed E-state index contributed by atoms with van der Waals surface area (Å²) in [4.78, 5) is 2.61. The third kappa shape index (κ3) is 0.447. The number of hydrogen-bond acceptors (Lipinski definition) is 2. The quantitative estimate of drug-likeness (QED) is 0.444. The van der Waals surface area contributed by atoms with Crippen LogP contribution in [0.2, 0.25) is 0 Å². The Labute approximate surface area is 55.2 Å². The summed E-state index contributed by atoms with van der Waals surface area (Å²) in [6, 6.07) is 1.99. The van der Waals surface area contributed by atoms with Crippen LogP contribution in [0.4, 0.5) is 0 Å². The molecule has 0 aliphatic carbocycles. The first-order valence-corrected chi connectivity index (χ1v) is 3.93. The van der Waals surface area contributed by atoms with Crippen molar-refractivity contribution in [1.82, 2.24) is 10.2 Å². The molecule has 50 valence electrons. The van der Waals surface area contributed by atoms with Crippen molar-refractivity contribution < 1.29 is 0 Å². The average molecular weight is 124 g/mol. The summed E-state index contributed by atoms with van der Waals surface area (Å²) >= 11 is 0. The Hall–Kier alpha value is -0.0800. The van der Waals surface area contributed by atoms with Gasteiger partial charge in [-0.05, 0) is 18.9 Å². The van der Waals surface area contributed by atoms with Gasteiger partial charge in [0.25, 0.3) is 0 Å². The highest BCUT2D eigenvalue weighted by Gasteiger charge is 2.59. The van der Waals surface area contributed by atoms with Crippen LogP contribution < -0.4 is 5.32 Å². The molecule has 9 heavy (non-hydrogen) atoms. The van der Waals surface area contributed by atoms with Gasteiger partial charge in [-0.2, -0.15) is 0 Å². The molecule has 0 radical (unpaired) electrons. The Morgan fingerprint density at radius 3 is 3.22 bits per heavy atom. The van der Waals surface area contributed by atoms with E-state index in [1.807, 2.05) is 0 Å². The lowest BCUT2D eigenvalue weighted by atomic mass is 9.85. The summed E-state index contributed by atoms with van der Waals surface area (Å²) in [5, 5.41) is 3.43. The van der Waals surface area contributed by atoms with Crippen LogP contribution in [0, 0.1) is 5.92 Å². The number of nitrogens with zero attached hydrogens (tertiary/aromatic N) is 1. The SMILES string of the molecule is C1CC2C(CN1)N1CC21. The number of piperidine rings is 1. The van der Waals surface area contributed by atoms with Crippen LogP contribution in [-0.4, -0.2) is 36.6 Å². The second-order valence-electron chi connectivity index (χ2n) is 3.49. The van der Waals surface area contributed by atoms with Gasteiger partial charge in [0.2, 0.25) is 0 Å². The fraction of sp³-hybridized carbons (Fsp3) is 1.00. The van der Waals surface area contributed by atoms with Gasteiger partial charge in [-0.1, -0.05) is 0 Å². The highest BCUT2D eigenvalue weighted by atomic mass is 15.4. The first kappa shape index (κ1) is 4.69. The van der Waals surface area contributed by atoms with E-state index in [1.54, 1.807) is 0 Å². The summed E-state index contributed by atoms with van der Waals surface area (Å²) in [6.45, 7) is 3.95. The van der Waals surface area contributed by atoms with Gasteiger partial charge in [0.1, 0.15) is 0 Å². The Morgan fingerprint density at radius 1 is 1.33 bits per heavy atom. The molecule has 0 spiro atoms. The third-order valence-electron chi connectivity index (χ3n) is 3.11. The molecular formula is C7H12N2. The fourth-order valence-electron chi connectivity index (χ4n) is 2.50. The summed E-state index contributed by atoms with van der Waals surface area (Å²) in [5.74, 6) is 1.09. The zero-order chi connectivity index (χ0) is 5.84. The molecule has 3 rings (SSSR count). The molecule has 0 aromatic carbocycles. The first-order valence-electron chi connectivity index (χ1n) is 3.93. The Bertz CT molecular complexity index is 130. The minimum Gasteiger partial charge on any atom is -0.315 e. The summed E-state index contributed by atoms with van der Waals surface area (Å²) < 4.78 is 0. The van der Waals surface area contributed by atoms with Crippen molar-refractivity contribution in [2.45, 2.75) is 18.5 Å². The first-order chi connectivity index (χ1) is 4.47. The maximum absolute atomic E-state index is 3.43. The Balaban J connectivity index is 1.81. The second-order valence-corrected chi connectivity index (χ2v) is 3.49. The monoisotopic (exact) mass is 124 g/mol. The molecule has 3 aliphatic rings. The maximum Gasteiger partial charge on any atom is 0.0271 e. The van der Waals surface area contributed by atoms with Crippen LogP contribution >= 0.6 is 0 Å². The minimum absolute atomic E-state index is 0.948. The number of rotatable bonds is 0. The smallest absolute Gasteiger partial charge is 0.0271 e. The van der Waals surface area contributed by atoms with Gasteiger partial charge in [-0.25, -0.2) is 0 Å². The minimum atomic E-state index is 0.948. The van der Waals surface area contributed by atoms with Crippen LogP contribution in [0.3, 0.4) is 0 Å². The molecule has 3 saturated heterocycles. The molecule has 0 saturated carbocycles. The summed E-state index contributed by atoms with van der Waals surface area (Å²) in [6.07, 6.45) is 1.44. The zero-order valence-corrected chi connectivity index (χ0v) is 5.51. The summed E-state index contributed by atoms with van der Waals surface area (Å²) in [7, 11) is 0. The van der Waals surface area contributed by atoms with Crippen molar-refractivity contribution in [3.05, 3.63) is 0 Å². The van der Waals surface area contributed by atoms with Crippen LogP contribution in [-0.2, 0) is 0 Å². The molecule has 0 bridgehead atoms.